The summed E-state index contributed by atoms with van der Waals surface area (Å²) in [7, 11) is 0. The highest BCUT2D eigenvalue weighted by Crippen LogP contribution is 2.27. The minimum Gasteiger partial charge on any atom is -0.0628 e. The Hall–Kier alpha value is 0. The van der Waals surface area contributed by atoms with Gasteiger partial charge in [-0.3, -0.25) is 0 Å². The Bertz CT molecular complexity index is 146. The molecule has 0 saturated heterocycles. The quantitative estimate of drug-likeness (QED) is 0.531. The molecule has 3 unspecified atom stereocenters. The first-order valence-electron chi connectivity index (χ1n) is 6.82. The van der Waals surface area contributed by atoms with Crippen molar-refractivity contribution >= 4 is 0 Å². The van der Waals surface area contributed by atoms with Gasteiger partial charge in [-0.2, -0.15) is 0 Å². The standard InChI is InChI=1S/C15H32/c1-11(2)8-13(5)10-15(7)14(6)9-12(3)4/h11-15H,8-10H2,1-7H3. The van der Waals surface area contributed by atoms with Crippen LogP contribution in [0.4, 0.5) is 0 Å². The van der Waals surface area contributed by atoms with Crippen molar-refractivity contribution in [1.82, 2.24) is 0 Å². The van der Waals surface area contributed by atoms with Crippen molar-refractivity contribution in [3.8, 4) is 0 Å². The van der Waals surface area contributed by atoms with Crippen LogP contribution >= 0.6 is 0 Å². The zero-order chi connectivity index (χ0) is 12.0. The van der Waals surface area contributed by atoms with E-state index in [9.17, 15) is 0 Å². The lowest BCUT2D eigenvalue weighted by Crippen LogP contribution is -2.14. The molecule has 0 radical (unpaired) electrons. The van der Waals surface area contributed by atoms with Crippen LogP contribution in [0.3, 0.4) is 0 Å². The molecular formula is C15H32. The van der Waals surface area contributed by atoms with Gasteiger partial charge in [-0.25, -0.2) is 0 Å². The van der Waals surface area contributed by atoms with E-state index in [0.29, 0.717) is 0 Å². The summed E-state index contributed by atoms with van der Waals surface area (Å²) in [4.78, 5) is 0. The molecule has 0 aliphatic rings. The third-order valence-electron chi connectivity index (χ3n) is 3.46. The predicted molar refractivity (Wildman–Crippen MR) is 71.0 cm³/mol. The summed E-state index contributed by atoms with van der Waals surface area (Å²) in [6.45, 7) is 16.6. The van der Waals surface area contributed by atoms with Crippen molar-refractivity contribution in [3.63, 3.8) is 0 Å². The van der Waals surface area contributed by atoms with Crippen LogP contribution in [0.15, 0.2) is 0 Å². The van der Waals surface area contributed by atoms with Crippen LogP contribution in [0.25, 0.3) is 0 Å². The van der Waals surface area contributed by atoms with E-state index in [1.165, 1.54) is 19.3 Å². The maximum absolute atomic E-state index is 2.43. The fourth-order valence-electron chi connectivity index (χ4n) is 2.74. The van der Waals surface area contributed by atoms with Crippen molar-refractivity contribution in [2.24, 2.45) is 29.6 Å². The van der Waals surface area contributed by atoms with Gasteiger partial charge in [-0.05, 0) is 48.9 Å². The van der Waals surface area contributed by atoms with Gasteiger partial charge >= 0.3 is 0 Å². The highest BCUT2D eigenvalue weighted by molar-refractivity contribution is 4.67. The van der Waals surface area contributed by atoms with Crippen LogP contribution in [0, 0.1) is 29.6 Å². The Morgan fingerprint density at radius 3 is 1.33 bits per heavy atom. The van der Waals surface area contributed by atoms with Crippen molar-refractivity contribution in [2.75, 3.05) is 0 Å². The Labute approximate surface area is 97.8 Å². The minimum absolute atomic E-state index is 0.850. The Morgan fingerprint density at radius 2 is 0.933 bits per heavy atom. The maximum atomic E-state index is 2.43. The molecule has 0 heteroatoms. The van der Waals surface area contributed by atoms with Crippen molar-refractivity contribution in [2.45, 2.75) is 67.7 Å². The van der Waals surface area contributed by atoms with E-state index >= 15 is 0 Å². The summed E-state index contributed by atoms with van der Waals surface area (Å²) in [6.07, 6.45) is 4.18. The molecule has 0 aromatic carbocycles. The lowest BCUT2D eigenvalue weighted by atomic mass is 9.81. The Balaban J connectivity index is 3.84. The molecule has 15 heavy (non-hydrogen) atoms. The van der Waals surface area contributed by atoms with Crippen LogP contribution in [-0.2, 0) is 0 Å². The Morgan fingerprint density at radius 1 is 0.533 bits per heavy atom. The highest BCUT2D eigenvalue weighted by Gasteiger charge is 2.17. The summed E-state index contributed by atoms with van der Waals surface area (Å²) in [5, 5.41) is 0. The van der Waals surface area contributed by atoms with Gasteiger partial charge in [-0.1, -0.05) is 48.5 Å². The fourth-order valence-corrected chi connectivity index (χ4v) is 2.74. The molecule has 92 valence electrons. The van der Waals surface area contributed by atoms with E-state index in [2.05, 4.69) is 48.5 Å². The summed E-state index contributed by atoms with van der Waals surface area (Å²) in [6, 6.07) is 0. The predicted octanol–water partition coefficient (Wildman–Crippen LogP) is 5.38. The summed E-state index contributed by atoms with van der Waals surface area (Å²) >= 11 is 0. The molecule has 0 aromatic heterocycles. The highest BCUT2D eigenvalue weighted by atomic mass is 14.2. The molecule has 0 heterocycles. The maximum Gasteiger partial charge on any atom is -0.0414 e. The molecule has 0 rings (SSSR count). The molecule has 0 N–H and O–H groups in total. The second-order valence-electron chi connectivity index (χ2n) is 6.55. The molecule has 0 nitrogen and oxygen atoms in total. The zero-order valence-electron chi connectivity index (χ0n) is 12.0. The molecule has 0 saturated carbocycles. The van der Waals surface area contributed by atoms with Crippen LogP contribution in [0.5, 0.6) is 0 Å². The fraction of sp³-hybridized carbons (Fsp3) is 1.00. The summed E-state index contributed by atoms with van der Waals surface area (Å²) in [5.41, 5.74) is 0. The normalized spacial score (nSPS) is 18.2. The summed E-state index contributed by atoms with van der Waals surface area (Å²) in [5.74, 6) is 4.38. The van der Waals surface area contributed by atoms with E-state index in [1.807, 2.05) is 0 Å². The van der Waals surface area contributed by atoms with Crippen molar-refractivity contribution in [3.05, 3.63) is 0 Å². The zero-order valence-corrected chi connectivity index (χ0v) is 12.0. The van der Waals surface area contributed by atoms with Gasteiger partial charge in [0.2, 0.25) is 0 Å². The van der Waals surface area contributed by atoms with Gasteiger partial charge in [0.15, 0.2) is 0 Å². The molecular weight excluding hydrogens is 180 g/mol. The first-order chi connectivity index (χ1) is 6.82. The van der Waals surface area contributed by atoms with E-state index in [4.69, 9.17) is 0 Å². The minimum atomic E-state index is 0.850. The van der Waals surface area contributed by atoms with Crippen molar-refractivity contribution < 1.29 is 0 Å². The van der Waals surface area contributed by atoms with Crippen molar-refractivity contribution in [1.29, 1.82) is 0 Å². The molecule has 3 atom stereocenters. The van der Waals surface area contributed by atoms with Crippen LogP contribution in [-0.4, -0.2) is 0 Å². The van der Waals surface area contributed by atoms with E-state index in [0.717, 1.165) is 29.6 Å². The van der Waals surface area contributed by atoms with Gasteiger partial charge < -0.3 is 0 Å². The molecule has 0 bridgehead atoms. The number of hydrogen-bond donors (Lipinski definition) is 0. The SMILES string of the molecule is CC(C)CC(C)CC(C)C(C)CC(C)C. The van der Waals surface area contributed by atoms with Gasteiger partial charge in [0, 0.05) is 0 Å². The van der Waals surface area contributed by atoms with Crippen LogP contribution in [0.1, 0.15) is 67.7 Å². The summed E-state index contributed by atoms with van der Waals surface area (Å²) < 4.78 is 0. The van der Waals surface area contributed by atoms with E-state index in [-0.39, 0.29) is 0 Å². The second-order valence-corrected chi connectivity index (χ2v) is 6.55. The monoisotopic (exact) mass is 212 g/mol. The Kier molecular flexibility index (Phi) is 7.30. The first-order valence-corrected chi connectivity index (χ1v) is 6.82. The lowest BCUT2D eigenvalue weighted by molar-refractivity contribution is 0.259. The van der Waals surface area contributed by atoms with Crippen LogP contribution < -0.4 is 0 Å². The smallest absolute Gasteiger partial charge is 0.0414 e. The average molecular weight is 212 g/mol. The van der Waals surface area contributed by atoms with Gasteiger partial charge in [0.25, 0.3) is 0 Å². The van der Waals surface area contributed by atoms with Gasteiger partial charge in [0.05, 0.1) is 0 Å². The molecule has 0 amide bonds. The second kappa shape index (κ2) is 7.30. The molecule has 0 fully saturated rings. The largest absolute Gasteiger partial charge is 0.0628 e. The molecule has 0 spiro atoms. The third kappa shape index (κ3) is 7.88. The van der Waals surface area contributed by atoms with E-state index in [1.54, 1.807) is 0 Å². The molecule has 0 aliphatic heterocycles. The van der Waals surface area contributed by atoms with Gasteiger partial charge in [-0.15, -0.1) is 0 Å². The third-order valence-corrected chi connectivity index (χ3v) is 3.46. The van der Waals surface area contributed by atoms with Crippen LogP contribution in [0.2, 0.25) is 0 Å². The topological polar surface area (TPSA) is 0 Å². The average Bonchev–Trinajstić information content (AvgIpc) is 2.00. The number of rotatable bonds is 7. The van der Waals surface area contributed by atoms with Gasteiger partial charge in [0.1, 0.15) is 0 Å². The van der Waals surface area contributed by atoms with E-state index < -0.39 is 0 Å². The molecule has 0 aliphatic carbocycles. The molecule has 0 aromatic rings. The first kappa shape index (κ1) is 15.0. The number of hydrogen-bond acceptors (Lipinski definition) is 0. The lowest BCUT2D eigenvalue weighted by Gasteiger charge is -2.25.